The Morgan fingerprint density at radius 1 is 1.17 bits per heavy atom. The minimum atomic E-state index is 0. The van der Waals surface area contributed by atoms with Gasteiger partial charge in [0.15, 0.2) is 0 Å². The first kappa shape index (κ1) is 21.9. The highest BCUT2D eigenvalue weighted by Crippen LogP contribution is 2.27. The lowest BCUT2D eigenvalue weighted by atomic mass is 10.0. The van der Waals surface area contributed by atoms with E-state index in [9.17, 15) is 4.79 Å². The third kappa shape index (κ3) is 4.83. The summed E-state index contributed by atoms with van der Waals surface area (Å²) in [5, 5.41) is 4.80. The Labute approximate surface area is 183 Å². The molecule has 0 spiro atoms. The van der Waals surface area contributed by atoms with Gasteiger partial charge in [-0.05, 0) is 49.2 Å². The molecule has 1 amide bonds. The minimum Gasteiger partial charge on any atom is -0.497 e. The van der Waals surface area contributed by atoms with Crippen LogP contribution in [0.4, 0.5) is 0 Å². The van der Waals surface area contributed by atoms with Crippen molar-refractivity contribution >= 4 is 18.3 Å². The van der Waals surface area contributed by atoms with Gasteiger partial charge in [0.2, 0.25) is 5.91 Å². The van der Waals surface area contributed by atoms with Gasteiger partial charge in [-0.2, -0.15) is 5.10 Å². The van der Waals surface area contributed by atoms with Crippen molar-refractivity contribution in [3.8, 4) is 22.7 Å². The van der Waals surface area contributed by atoms with Crippen LogP contribution in [-0.4, -0.2) is 46.8 Å². The minimum absolute atomic E-state index is 0. The second-order valence-corrected chi connectivity index (χ2v) is 7.43. The average molecular weight is 427 g/mol. The van der Waals surface area contributed by atoms with E-state index in [0.717, 1.165) is 47.6 Å². The van der Waals surface area contributed by atoms with Crippen LogP contribution in [0.3, 0.4) is 0 Å². The van der Waals surface area contributed by atoms with Crippen molar-refractivity contribution in [1.29, 1.82) is 0 Å². The zero-order valence-corrected chi connectivity index (χ0v) is 17.8. The number of rotatable bonds is 5. The summed E-state index contributed by atoms with van der Waals surface area (Å²) in [4.78, 5) is 14.8. The number of nitrogens with two attached hydrogens (primary N) is 1. The van der Waals surface area contributed by atoms with Gasteiger partial charge in [0.25, 0.3) is 0 Å². The Kier molecular flexibility index (Phi) is 7.13. The van der Waals surface area contributed by atoms with E-state index < -0.39 is 0 Å². The molecule has 1 saturated heterocycles. The molecule has 2 aromatic carbocycles. The highest BCUT2D eigenvalue weighted by Gasteiger charge is 2.23. The van der Waals surface area contributed by atoms with E-state index in [0.29, 0.717) is 13.0 Å². The van der Waals surface area contributed by atoms with Crippen LogP contribution in [0, 0.1) is 0 Å². The lowest BCUT2D eigenvalue weighted by molar-refractivity contribution is -0.131. The summed E-state index contributed by atoms with van der Waals surface area (Å²) in [5.74, 6) is 0.888. The largest absolute Gasteiger partial charge is 0.497 e. The van der Waals surface area contributed by atoms with Crippen LogP contribution in [0.1, 0.15) is 18.4 Å². The molecule has 6 nitrogen and oxygen atoms in total. The van der Waals surface area contributed by atoms with Crippen molar-refractivity contribution in [3.63, 3.8) is 0 Å². The highest BCUT2D eigenvalue weighted by atomic mass is 35.5. The smallest absolute Gasteiger partial charge is 0.227 e. The molecule has 1 atom stereocenters. The zero-order chi connectivity index (χ0) is 20.2. The summed E-state index contributed by atoms with van der Waals surface area (Å²) in [5.41, 5.74) is 9.70. The lowest BCUT2D eigenvalue weighted by Crippen LogP contribution is -2.46. The average Bonchev–Trinajstić information content (AvgIpc) is 3.18. The third-order valence-corrected chi connectivity index (χ3v) is 5.33. The number of ether oxygens (including phenoxy) is 1. The Balaban J connectivity index is 0.00000256. The van der Waals surface area contributed by atoms with Crippen molar-refractivity contribution in [2.24, 2.45) is 5.73 Å². The number of nitrogens with zero attached hydrogens (tertiary/aromatic N) is 3. The van der Waals surface area contributed by atoms with Gasteiger partial charge >= 0.3 is 0 Å². The maximum absolute atomic E-state index is 13.0. The summed E-state index contributed by atoms with van der Waals surface area (Å²) in [7, 11) is 1.65. The Morgan fingerprint density at radius 2 is 1.90 bits per heavy atom. The molecule has 30 heavy (non-hydrogen) atoms. The fourth-order valence-electron chi connectivity index (χ4n) is 3.76. The highest BCUT2D eigenvalue weighted by molar-refractivity contribution is 5.85. The van der Waals surface area contributed by atoms with E-state index in [1.807, 2.05) is 70.4 Å². The number of hydrogen-bond acceptors (Lipinski definition) is 4. The van der Waals surface area contributed by atoms with E-state index in [-0.39, 0.29) is 24.4 Å². The Bertz CT molecular complexity index is 973. The first-order chi connectivity index (χ1) is 14.1. The van der Waals surface area contributed by atoms with Crippen molar-refractivity contribution in [3.05, 3.63) is 66.4 Å². The van der Waals surface area contributed by atoms with Gasteiger partial charge in [-0.15, -0.1) is 12.4 Å². The number of carbonyl (C=O) groups is 1. The van der Waals surface area contributed by atoms with Gasteiger partial charge in [-0.1, -0.05) is 18.2 Å². The van der Waals surface area contributed by atoms with Gasteiger partial charge < -0.3 is 15.4 Å². The van der Waals surface area contributed by atoms with Gasteiger partial charge in [0.05, 0.1) is 24.9 Å². The molecule has 0 radical (unpaired) electrons. The Hall–Kier alpha value is -2.83. The molecule has 0 bridgehead atoms. The third-order valence-electron chi connectivity index (χ3n) is 5.33. The number of likely N-dealkylation sites (tertiary alicyclic amines) is 1. The molecule has 3 aromatic rings. The second kappa shape index (κ2) is 9.78. The van der Waals surface area contributed by atoms with Crippen LogP contribution in [0.2, 0.25) is 0 Å². The summed E-state index contributed by atoms with van der Waals surface area (Å²) < 4.78 is 7.10. The molecule has 2 N–H and O–H groups in total. The number of piperidine rings is 1. The quantitative estimate of drug-likeness (QED) is 0.678. The van der Waals surface area contributed by atoms with Crippen molar-refractivity contribution in [1.82, 2.24) is 14.7 Å². The normalized spacial score (nSPS) is 16.1. The number of methoxy groups -OCH3 is 1. The number of carbonyl (C=O) groups excluding carboxylic acids is 1. The first-order valence-corrected chi connectivity index (χ1v) is 9.96. The van der Waals surface area contributed by atoms with Crippen LogP contribution in [0.25, 0.3) is 16.9 Å². The standard InChI is InChI=1S/C23H26N4O2.ClH/c1-29-21-11-9-17(10-12-21)23-18(14-22(28)26-13-5-6-19(24)16-26)15-27(25-23)20-7-3-2-4-8-20;/h2-4,7-12,15,19H,5-6,13-14,16,24H2,1H3;1H. The number of halogens is 1. The van der Waals surface area contributed by atoms with Gasteiger partial charge in [0.1, 0.15) is 5.75 Å². The van der Waals surface area contributed by atoms with E-state index in [1.165, 1.54) is 0 Å². The SMILES string of the molecule is COc1ccc(-c2nn(-c3ccccc3)cc2CC(=O)N2CCCC(N)C2)cc1.Cl. The molecule has 1 unspecified atom stereocenters. The summed E-state index contributed by atoms with van der Waals surface area (Å²) in [6, 6.07) is 17.8. The summed E-state index contributed by atoms with van der Waals surface area (Å²) >= 11 is 0. The van der Waals surface area contributed by atoms with Crippen molar-refractivity contribution < 1.29 is 9.53 Å². The van der Waals surface area contributed by atoms with Crippen molar-refractivity contribution in [2.75, 3.05) is 20.2 Å². The van der Waals surface area contributed by atoms with Crippen LogP contribution in [0.5, 0.6) is 5.75 Å². The maximum atomic E-state index is 13.0. The van der Waals surface area contributed by atoms with E-state index in [4.69, 9.17) is 15.6 Å². The topological polar surface area (TPSA) is 73.4 Å². The fourth-order valence-corrected chi connectivity index (χ4v) is 3.76. The van der Waals surface area contributed by atoms with E-state index in [1.54, 1.807) is 7.11 Å². The van der Waals surface area contributed by atoms with Crippen LogP contribution in [-0.2, 0) is 11.2 Å². The van der Waals surface area contributed by atoms with Crippen LogP contribution >= 0.6 is 12.4 Å². The predicted molar refractivity (Wildman–Crippen MR) is 120 cm³/mol. The molecule has 1 aliphatic heterocycles. The van der Waals surface area contributed by atoms with Gasteiger partial charge in [-0.25, -0.2) is 4.68 Å². The molecular formula is C23H27ClN4O2. The Morgan fingerprint density at radius 3 is 2.57 bits per heavy atom. The lowest BCUT2D eigenvalue weighted by Gasteiger charge is -2.30. The van der Waals surface area contributed by atoms with Crippen LogP contribution < -0.4 is 10.5 Å². The number of hydrogen-bond donors (Lipinski definition) is 1. The number of benzene rings is 2. The number of aromatic nitrogens is 2. The second-order valence-electron chi connectivity index (χ2n) is 7.43. The first-order valence-electron chi connectivity index (χ1n) is 9.96. The molecule has 1 aromatic heterocycles. The molecule has 1 aliphatic rings. The fraction of sp³-hybridized carbons (Fsp3) is 0.304. The summed E-state index contributed by atoms with van der Waals surface area (Å²) in [6.07, 6.45) is 4.20. The van der Waals surface area contributed by atoms with Gasteiger partial charge in [0, 0.05) is 36.5 Å². The van der Waals surface area contributed by atoms with E-state index >= 15 is 0 Å². The van der Waals surface area contributed by atoms with Crippen molar-refractivity contribution in [2.45, 2.75) is 25.3 Å². The molecule has 158 valence electrons. The molecule has 2 heterocycles. The predicted octanol–water partition coefficient (Wildman–Crippen LogP) is 3.46. The monoisotopic (exact) mass is 426 g/mol. The van der Waals surface area contributed by atoms with Crippen LogP contribution in [0.15, 0.2) is 60.8 Å². The molecule has 1 fully saturated rings. The number of para-hydroxylation sites is 1. The number of amides is 1. The van der Waals surface area contributed by atoms with Gasteiger partial charge in [-0.3, -0.25) is 4.79 Å². The molecular weight excluding hydrogens is 400 g/mol. The summed E-state index contributed by atoms with van der Waals surface area (Å²) in [6.45, 7) is 1.40. The molecule has 4 rings (SSSR count). The zero-order valence-electron chi connectivity index (χ0n) is 17.0. The maximum Gasteiger partial charge on any atom is 0.227 e. The molecule has 0 aliphatic carbocycles. The molecule has 0 saturated carbocycles. The molecule has 7 heteroatoms. The van der Waals surface area contributed by atoms with E-state index in [2.05, 4.69) is 0 Å².